The Morgan fingerprint density at radius 1 is 1.00 bits per heavy atom. The quantitative estimate of drug-likeness (QED) is 0.597. The molecule has 0 unspecified atom stereocenters. The second kappa shape index (κ2) is 9.86. The molecule has 0 saturated carbocycles. The minimum atomic E-state index is -3.73. The number of sulfonamides is 1. The van der Waals surface area contributed by atoms with Crippen molar-refractivity contribution < 1.29 is 22.7 Å². The lowest BCUT2D eigenvalue weighted by atomic mass is 10.0. The van der Waals surface area contributed by atoms with Crippen molar-refractivity contribution in [2.75, 3.05) is 26.2 Å². The summed E-state index contributed by atoms with van der Waals surface area (Å²) in [5, 5.41) is 0. The zero-order valence-corrected chi connectivity index (χ0v) is 17.8. The number of carbonyl (C=O) groups is 2. The molecule has 7 nitrogen and oxygen atoms in total. The van der Waals surface area contributed by atoms with Gasteiger partial charge in [0.2, 0.25) is 15.9 Å². The molecular weight excluding hydrogens is 404 g/mol. The van der Waals surface area contributed by atoms with E-state index in [2.05, 4.69) is 0 Å². The molecule has 1 aliphatic heterocycles. The Kier molecular flexibility index (Phi) is 7.23. The van der Waals surface area contributed by atoms with Crippen molar-refractivity contribution in [3.8, 4) is 0 Å². The molecule has 0 radical (unpaired) electrons. The maximum Gasteiger partial charge on any atom is 0.325 e. The molecule has 2 aromatic rings. The van der Waals surface area contributed by atoms with Gasteiger partial charge in [-0.1, -0.05) is 60.7 Å². The van der Waals surface area contributed by atoms with E-state index in [1.807, 2.05) is 36.4 Å². The lowest BCUT2D eigenvalue weighted by Crippen LogP contribution is -2.60. The molecule has 1 atom stereocenters. The molecule has 1 heterocycles. The molecule has 3 rings (SSSR count). The predicted molar refractivity (Wildman–Crippen MR) is 113 cm³/mol. The smallest absolute Gasteiger partial charge is 0.325 e. The van der Waals surface area contributed by atoms with Crippen LogP contribution in [-0.2, 0) is 36.5 Å². The van der Waals surface area contributed by atoms with E-state index in [9.17, 15) is 18.0 Å². The second-order valence-corrected chi connectivity index (χ2v) is 9.04. The third kappa shape index (κ3) is 5.46. The first-order valence-electron chi connectivity index (χ1n) is 9.92. The van der Waals surface area contributed by atoms with Crippen LogP contribution in [0.25, 0.3) is 0 Å². The largest absolute Gasteiger partial charge is 0.465 e. The van der Waals surface area contributed by atoms with Gasteiger partial charge in [0.05, 0.1) is 12.4 Å². The van der Waals surface area contributed by atoms with Crippen molar-refractivity contribution in [2.45, 2.75) is 25.1 Å². The van der Waals surface area contributed by atoms with Crippen molar-refractivity contribution in [1.29, 1.82) is 0 Å². The van der Waals surface area contributed by atoms with E-state index in [1.54, 1.807) is 31.2 Å². The third-order valence-electron chi connectivity index (χ3n) is 4.98. The molecule has 0 aromatic heterocycles. The fourth-order valence-electron chi connectivity index (χ4n) is 3.57. The van der Waals surface area contributed by atoms with Crippen LogP contribution in [0.3, 0.4) is 0 Å². The van der Waals surface area contributed by atoms with E-state index in [-0.39, 0.29) is 44.3 Å². The van der Waals surface area contributed by atoms with Gasteiger partial charge in [-0.2, -0.15) is 4.31 Å². The number of nitrogens with zero attached hydrogens (tertiary/aromatic N) is 2. The van der Waals surface area contributed by atoms with E-state index < -0.39 is 22.0 Å². The average Bonchev–Trinajstić information content (AvgIpc) is 2.72. The van der Waals surface area contributed by atoms with Crippen LogP contribution in [0, 0.1) is 0 Å². The molecule has 1 amide bonds. The number of hydrogen-bond donors (Lipinski definition) is 0. The first-order valence-corrected chi connectivity index (χ1v) is 11.5. The number of carbonyl (C=O) groups excluding carboxylic acids is 2. The summed E-state index contributed by atoms with van der Waals surface area (Å²) >= 11 is 0. The van der Waals surface area contributed by atoms with Crippen LogP contribution < -0.4 is 0 Å². The lowest BCUT2D eigenvalue weighted by Gasteiger charge is -2.39. The average molecular weight is 431 g/mol. The van der Waals surface area contributed by atoms with Crippen LogP contribution in [0.15, 0.2) is 60.7 Å². The Labute approximate surface area is 177 Å². The van der Waals surface area contributed by atoms with Crippen molar-refractivity contribution in [2.24, 2.45) is 0 Å². The van der Waals surface area contributed by atoms with E-state index in [1.165, 1.54) is 9.21 Å². The SMILES string of the molecule is CCOC(=O)CN1CCN(S(=O)(=O)Cc2ccccc2)[C@@H](Cc2ccccc2)C1=O. The summed E-state index contributed by atoms with van der Waals surface area (Å²) in [4.78, 5) is 26.5. The fraction of sp³-hybridized carbons (Fsp3) is 0.364. The Bertz CT molecular complexity index is 964. The summed E-state index contributed by atoms with van der Waals surface area (Å²) < 4.78 is 32.6. The molecule has 1 aliphatic rings. The van der Waals surface area contributed by atoms with Gasteiger partial charge in [-0.3, -0.25) is 9.59 Å². The van der Waals surface area contributed by atoms with Gasteiger partial charge in [0.1, 0.15) is 12.6 Å². The van der Waals surface area contributed by atoms with Crippen LogP contribution in [0.5, 0.6) is 0 Å². The number of esters is 1. The predicted octanol–water partition coefficient (Wildman–Crippen LogP) is 1.83. The van der Waals surface area contributed by atoms with Crippen LogP contribution >= 0.6 is 0 Å². The van der Waals surface area contributed by atoms with Crippen LogP contribution in [-0.4, -0.2) is 61.8 Å². The minimum Gasteiger partial charge on any atom is -0.465 e. The van der Waals surface area contributed by atoms with Gasteiger partial charge >= 0.3 is 5.97 Å². The van der Waals surface area contributed by atoms with Gasteiger partial charge in [0.15, 0.2) is 0 Å². The molecule has 1 fully saturated rings. The normalized spacial score (nSPS) is 17.7. The maximum absolute atomic E-state index is 13.2. The molecule has 0 bridgehead atoms. The zero-order chi connectivity index (χ0) is 21.6. The van der Waals surface area contributed by atoms with Gasteiger partial charge < -0.3 is 9.64 Å². The monoisotopic (exact) mass is 430 g/mol. The number of amides is 1. The third-order valence-corrected chi connectivity index (χ3v) is 6.83. The lowest BCUT2D eigenvalue weighted by molar-refractivity contribution is -0.152. The Morgan fingerprint density at radius 3 is 2.20 bits per heavy atom. The summed E-state index contributed by atoms with van der Waals surface area (Å²) in [6.07, 6.45) is 0.243. The summed E-state index contributed by atoms with van der Waals surface area (Å²) in [5.41, 5.74) is 1.52. The zero-order valence-electron chi connectivity index (χ0n) is 16.9. The van der Waals surface area contributed by atoms with Gasteiger partial charge in [-0.25, -0.2) is 8.42 Å². The van der Waals surface area contributed by atoms with Gasteiger partial charge in [-0.15, -0.1) is 0 Å². The van der Waals surface area contributed by atoms with Crippen LogP contribution in [0.4, 0.5) is 0 Å². The van der Waals surface area contributed by atoms with Crippen molar-refractivity contribution in [1.82, 2.24) is 9.21 Å². The molecule has 0 spiro atoms. The Balaban J connectivity index is 1.85. The second-order valence-electron chi connectivity index (χ2n) is 7.12. The highest BCUT2D eigenvalue weighted by molar-refractivity contribution is 7.88. The summed E-state index contributed by atoms with van der Waals surface area (Å²) in [6.45, 7) is 2.04. The Morgan fingerprint density at radius 2 is 1.60 bits per heavy atom. The highest BCUT2D eigenvalue weighted by Crippen LogP contribution is 2.22. The molecule has 0 N–H and O–H groups in total. The van der Waals surface area contributed by atoms with E-state index in [0.29, 0.717) is 5.56 Å². The molecule has 1 saturated heterocycles. The highest BCUT2D eigenvalue weighted by Gasteiger charge is 2.41. The molecule has 8 heteroatoms. The topological polar surface area (TPSA) is 84.0 Å². The number of hydrogen-bond acceptors (Lipinski definition) is 5. The van der Waals surface area contributed by atoms with Crippen LogP contribution in [0.2, 0.25) is 0 Å². The highest BCUT2D eigenvalue weighted by atomic mass is 32.2. The summed E-state index contributed by atoms with van der Waals surface area (Å²) in [6, 6.07) is 17.3. The molecule has 30 heavy (non-hydrogen) atoms. The van der Waals surface area contributed by atoms with Gasteiger partial charge in [0, 0.05) is 13.1 Å². The number of ether oxygens (including phenoxy) is 1. The standard InChI is InChI=1S/C22H26N2O5S/c1-2-29-21(25)16-23-13-14-24(30(27,28)17-19-11-7-4-8-12-19)20(22(23)26)15-18-9-5-3-6-10-18/h3-12,20H,2,13-17H2,1H3/t20-/m0/s1. The molecular formula is C22H26N2O5S. The number of piperazine rings is 1. The van der Waals surface area contributed by atoms with Gasteiger partial charge in [0.25, 0.3) is 0 Å². The van der Waals surface area contributed by atoms with Crippen LogP contribution in [0.1, 0.15) is 18.1 Å². The summed E-state index contributed by atoms with van der Waals surface area (Å²) in [5.74, 6) is -1.05. The van der Waals surface area contributed by atoms with Crippen molar-refractivity contribution in [3.05, 3.63) is 71.8 Å². The fourth-order valence-corrected chi connectivity index (χ4v) is 5.26. The van der Waals surface area contributed by atoms with E-state index in [0.717, 1.165) is 5.56 Å². The van der Waals surface area contributed by atoms with E-state index in [4.69, 9.17) is 4.74 Å². The van der Waals surface area contributed by atoms with Crippen molar-refractivity contribution >= 4 is 21.9 Å². The maximum atomic E-state index is 13.2. The van der Waals surface area contributed by atoms with E-state index >= 15 is 0 Å². The Hall–Kier alpha value is -2.71. The molecule has 0 aliphatic carbocycles. The molecule has 160 valence electrons. The first-order chi connectivity index (χ1) is 14.4. The minimum absolute atomic E-state index is 0.137. The first kappa shape index (κ1) is 22.0. The van der Waals surface area contributed by atoms with Gasteiger partial charge in [-0.05, 0) is 24.5 Å². The number of benzene rings is 2. The summed E-state index contributed by atoms with van der Waals surface area (Å²) in [7, 11) is -3.73. The number of rotatable bonds is 8. The van der Waals surface area contributed by atoms with Crippen molar-refractivity contribution in [3.63, 3.8) is 0 Å². The molecule has 2 aromatic carbocycles.